The first-order valence-electron chi connectivity index (χ1n) is 3.27. The molecule has 0 atom stereocenters. The van der Waals surface area contributed by atoms with Crippen LogP contribution in [0.5, 0.6) is 0 Å². The van der Waals surface area contributed by atoms with Crippen molar-refractivity contribution in [3.8, 4) is 0 Å². The number of hydrogen-bond acceptors (Lipinski definition) is 2. The number of carbonyl (C=O) groups is 1. The number of rotatable bonds is 1. The molecule has 10 heavy (non-hydrogen) atoms. The van der Waals surface area contributed by atoms with E-state index in [1.807, 2.05) is 0 Å². The topological polar surface area (TPSA) is 34.9 Å². The Morgan fingerprint density at radius 3 is 2.40 bits per heavy atom. The molecule has 0 aliphatic carbocycles. The number of hydrogen-bond donors (Lipinski definition) is 0. The molecule has 0 aliphatic rings. The second-order valence-corrected chi connectivity index (χ2v) is 1.82. The average molecular weight is 140 g/mol. The minimum Gasteiger partial charge on any atom is -0.279 e. The van der Waals surface area contributed by atoms with Crippen molar-refractivity contribution in [2.75, 3.05) is 0 Å². The summed E-state index contributed by atoms with van der Waals surface area (Å²) in [7, 11) is 0. The number of aromatic nitrogens is 2. The van der Waals surface area contributed by atoms with Crippen LogP contribution in [-0.4, -0.2) is 16.0 Å². The maximum absolute atomic E-state index is 9.79. The molecule has 1 rings (SSSR count). The van der Waals surface area contributed by atoms with E-state index in [-0.39, 0.29) is 0 Å². The van der Waals surface area contributed by atoms with Crippen LogP contribution >= 0.6 is 0 Å². The zero-order valence-corrected chi connectivity index (χ0v) is 6.32. The summed E-state index contributed by atoms with van der Waals surface area (Å²) >= 11 is 0. The summed E-state index contributed by atoms with van der Waals surface area (Å²) in [6.07, 6.45) is 6.50. The van der Waals surface area contributed by atoms with Gasteiger partial charge in [-0.1, -0.05) is 20.3 Å². The Hall–Kier alpha value is -1.12. The van der Waals surface area contributed by atoms with Crippen LogP contribution < -0.4 is 0 Å². The summed E-state index contributed by atoms with van der Waals surface area (Å²) in [5.41, 5.74) is 0. The lowest BCUT2D eigenvalue weighted by molar-refractivity contribution is 0.547. The van der Waals surface area contributed by atoms with Gasteiger partial charge in [0.25, 0.3) is 0 Å². The lowest BCUT2D eigenvalue weighted by Gasteiger charge is -1.75. The molecule has 0 fully saturated rings. The van der Waals surface area contributed by atoms with Gasteiger partial charge < -0.3 is 0 Å². The van der Waals surface area contributed by atoms with Gasteiger partial charge >= 0.3 is 0 Å². The maximum atomic E-state index is 9.79. The normalized spacial score (nSPS) is 7.80. The highest BCUT2D eigenvalue weighted by Crippen LogP contribution is 1.74. The van der Waals surface area contributed by atoms with E-state index in [1.54, 1.807) is 12.4 Å². The molecule has 0 N–H and O–H groups in total. The van der Waals surface area contributed by atoms with Gasteiger partial charge in [-0.15, -0.1) is 0 Å². The molecule has 1 aromatic heterocycles. The SMILES string of the molecule is CCC.O=Cn1ccnc1. The Balaban J connectivity index is 0.000000236. The summed E-state index contributed by atoms with van der Waals surface area (Å²) in [6.45, 7) is 4.25. The van der Waals surface area contributed by atoms with Gasteiger partial charge in [0.2, 0.25) is 6.41 Å². The summed E-state index contributed by atoms with van der Waals surface area (Å²) in [4.78, 5) is 13.4. The third-order valence-corrected chi connectivity index (χ3v) is 0.647. The molecule has 0 unspecified atom stereocenters. The Labute approximate surface area is 60.7 Å². The Morgan fingerprint density at radius 1 is 1.60 bits per heavy atom. The molecule has 0 bridgehead atoms. The fourth-order valence-electron chi connectivity index (χ4n) is 0.332. The van der Waals surface area contributed by atoms with E-state index in [9.17, 15) is 4.79 Å². The molecule has 56 valence electrons. The second-order valence-electron chi connectivity index (χ2n) is 1.82. The first-order valence-corrected chi connectivity index (χ1v) is 3.27. The highest BCUT2D eigenvalue weighted by Gasteiger charge is 1.76. The molecule has 0 radical (unpaired) electrons. The molecule has 0 aliphatic heterocycles. The minimum atomic E-state index is 0.688. The maximum Gasteiger partial charge on any atom is 0.218 e. The Morgan fingerprint density at radius 2 is 2.20 bits per heavy atom. The molecule has 0 saturated carbocycles. The van der Waals surface area contributed by atoms with E-state index in [0.717, 1.165) is 0 Å². The van der Waals surface area contributed by atoms with E-state index >= 15 is 0 Å². The van der Waals surface area contributed by atoms with Crippen LogP contribution in [0.3, 0.4) is 0 Å². The van der Waals surface area contributed by atoms with Crippen molar-refractivity contribution in [3.63, 3.8) is 0 Å². The van der Waals surface area contributed by atoms with Crippen LogP contribution in [-0.2, 0) is 4.79 Å². The Kier molecular flexibility index (Phi) is 5.33. The van der Waals surface area contributed by atoms with Crippen LogP contribution in [0, 0.1) is 0 Å². The minimum absolute atomic E-state index is 0.688. The van der Waals surface area contributed by atoms with Crippen LogP contribution in [0.4, 0.5) is 0 Å². The van der Waals surface area contributed by atoms with E-state index < -0.39 is 0 Å². The smallest absolute Gasteiger partial charge is 0.218 e. The molecule has 3 heteroatoms. The fraction of sp³-hybridized carbons (Fsp3) is 0.429. The summed E-state index contributed by atoms with van der Waals surface area (Å²) in [6, 6.07) is 0. The van der Waals surface area contributed by atoms with Crippen LogP contribution in [0.25, 0.3) is 0 Å². The van der Waals surface area contributed by atoms with Crippen LogP contribution in [0.15, 0.2) is 18.7 Å². The predicted octanol–water partition coefficient (Wildman–Crippen LogP) is 1.34. The number of imidazole rings is 1. The molecule has 0 saturated heterocycles. The standard InChI is InChI=1S/C4H4N2O.C3H8/c7-4-6-2-1-5-3-6;1-3-2/h1-4H;3H2,1-2H3. The van der Waals surface area contributed by atoms with E-state index in [4.69, 9.17) is 0 Å². The van der Waals surface area contributed by atoms with Gasteiger partial charge in [0.1, 0.15) is 6.33 Å². The van der Waals surface area contributed by atoms with E-state index in [1.165, 1.54) is 17.3 Å². The zero-order valence-electron chi connectivity index (χ0n) is 6.32. The molecule has 3 nitrogen and oxygen atoms in total. The Bertz CT molecular complexity index is 158. The lowest BCUT2D eigenvalue weighted by Crippen LogP contribution is -1.86. The van der Waals surface area contributed by atoms with E-state index in [2.05, 4.69) is 18.8 Å². The summed E-state index contributed by atoms with van der Waals surface area (Å²) in [5, 5.41) is 0. The third kappa shape index (κ3) is 3.83. The van der Waals surface area contributed by atoms with Gasteiger partial charge in [-0.3, -0.25) is 9.36 Å². The molecular formula is C7H12N2O. The highest BCUT2D eigenvalue weighted by molar-refractivity contribution is 5.50. The van der Waals surface area contributed by atoms with Crippen molar-refractivity contribution in [2.24, 2.45) is 0 Å². The fourth-order valence-corrected chi connectivity index (χ4v) is 0.332. The zero-order chi connectivity index (χ0) is 7.82. The van der Waals surface area contributed by atoms with Gasteiger partial charge in [0.05, 0.1) is 0 Å². The van der Waals surface area contributed by atoms with Crippen LogP contribution in [0.1, 0.15) is 20.3 Å². The van der Waals surface area contributed by atoms with Crippen molar-refractivity contribution in [1.29, 1.82) is 0 Å². The van der Waals surface area contributed by atoms with Gasteiger partial charge in [-0.25, -0.2) is 4.98 Å². The van der Waals surface area contributed by atoms with Crippen molar-refractivity contribution < 1.29 is 4.79 Å². The third-order valence-electron chi connectivity index (χ3n) is 0.647. The molecule has 1 aromatic rings. The molecule has 0 amide bonds. The first kappa shape index (κ1) is 8.88. The van der Waals surface area contributed by atoms with Gasteiger partial charge in [0.15, 0.2) is 0 Å². The van der Waals surface area contributed by atoms with E-state index in [0.29, 0.717) is 6.41 Å². The first-order chi connectivity index (χ1) is 4.85. The lowest BCUT2D eigenvalue weighted by atomic mass is 10.6. The number of nitrogens with zero attached hydrogens (tertiary/aromatic N) is 2. The van der Waals surface area contributed by atoms with Crippen molar-refractivity contribution >= 4 is 6.41 Å². The largest absolute Gasteiger partial charge is 0.279 e. The van der Waals surface area contributed by atoms with Gasteiger partial charge in [-0.2, -0.15) is 0 Å². The molecular weight excluding hydrogens is 128 g/mol. The van der Waals surface area contributed by atoms with Gasteiger partial charge in [-0.05, 0) is 0 Å². The highest BCUT2D eigenvalue weighted by atomic mass is 16.1. The monoisotopic (exact) mass is 140 g/mol. The number of carbonyl (C=O) groups excluding carboxylic acids is 1. The van der Waals surface area contributed by atoms with Crippen molar-refractivity contribution in [2.45, 2.75) is 20.3 Å². The van der Waals surface area contributed by atoms with Crippen LogP contribution in [0.2, 0.25) is 0 Å². The average Bonchev–Trinajstić information content (AvgIpc) is 2.39. The molecule has 0 spiro atoms. The summed E-state index contributed by atoms with van der Waals surface area (Å²) < 4.78 is 1.33. The van der Waals surface area contributed by atoms with Gasteiger partial charge in [0, 0.05) is 12.4 Å². The molecule has 0 aromatic carbocycles. The summed E-state index contributed by atoms with van der Waals surface area (Å²) in [5.74, 6) is 0. The quantitative estimate of drug-likeness (QED) is 0.552. The predicted molar refractivity (Wildman–Crippen MR) is 40.3 cm³/mol. The molecule has 1 heterocycles. The second kappa shape index (κ2) is 6.01. The van der Waals surface area contributed by atoms with Crippen molar-refractivity contribution in [3.05, 3.63) is 18.7 Å². The van der Waals surface area contributed by atoms with Crippen molar-refractivity contribution in [1.82, 2.24) is 9.55 Å².